The molecule has 206 valence electrons. The van der Waals surface area contributed by atoms with Crippen LogP contribution in [0, 0.1) is 23.1 Å². The van der Waals surface area contributed by atoms with Gasteiger partial charge in [0.1, 0.15) is 28.7 Å². The van der Waals surface area contributed by atoms with Gasteiger partial charge in [-0.1, -0.05) is 0 Å². The maximum atomic E-state index is 15.6. The third kappa shape index (κ3) is 3.96. The maximum Gasteiger partial charge on any atom is 0.254 e. The van der Waals surface area contributed by atoms with Crippen LogP contribution in [-0.4, -0.2) is 93.4 Å². The quantitative estimate of drug-likeness (QED) is 0.316. The van der Waals surface area contributed by atoms with E-state index in [9.17, 15) is 38.8 Å². The van der Waals surface area contributed by atoms with Crippen molar-refractivity contribution in [2.45, 2.75) is 37.5 Å². The number of Topliss-reactive ketones (excluding diaryl/α,β-unsaturated/α-hetero) is 1. The molecular weight excluding hydrogens is 509 g/mol. The van der Waals surface area contributed by atoms with E-state index in [0.29, 0.717) is 0 Å². The fourth-order valence-corrected chi connectivity index (χ4v) is 6.11. The molecule has 0 spiro atoms. The van der Waals surface area contributed by atoms with E-state index in [4.69, 9.17) is 11.1 Å². The third-order valence-corrected chi connectivity index (χ3v) is 7.68. The second-order valence-electron chi connectivity index (χ2n) is 10.3. The lowest BCUT2D eigenvalue weighted by Crippen LogP contribution is -2.63. The van der Waals surface area contributed by atoms with Gasteiger partial charge in [0, 0.05) is 29.2 Å². The molecule has 38 heavy (non-hydrogen) atoms. The largest absolute Gasteiger partial charge is 0.510 e. The highest BCUT2D eigenvalue weighted by Crippen LogP contribution is 2.52. The summed E-state index contributed by atoms with van der Waals surface area (Å²) in [5, 5.41) is 52.9. The van der Waals surface area contributed by atoms with Crippen LogP contribution in [0.1, 0.15) is 27.9 Å². The van der Waals surface area contributed by atoms with Crippen LogP contribution in [0.25, 0.3) is 0 Å². The molecule has 4 atom stereocenters. The number of aliphatic hydroxyl groups is 3. The number of fused-ring (bicyclic) bond motifs is 3. The molecular formula is C25H29F3N4O6. The number of likely N-dealkylation sites (N-methyl/N-ethyl adjacent to an activating group) is 1. The van der Waals surface area contributed by atoms with E-state index >= 15 is 4.39 Å². The molecule has 3 aliphatic rings. The molecule has 0 saturated heterocycles. The topological polar surface area (TPSA) is 171 Å². The Bertz CT molecular complexity index is 1310. The first kappa shape index (κ1) is 27.6. The van der Waals surface area contributed by atoms with Crippen LogP contribution in [0.5, 0.6) is 5.75 Å². The number of aromatic hydroxyl groups is 1. The lowest BCUT2D eigenvalue weighted by molar-refractivity contribution is -0.114. The molecule has 0 unspecified atom stereocenters. The van der Waals surface area contributed by atoms with Gasteiger partial charge in [-0.15, -0.1) is 0 Å². The number of ketones is 1. The molecule has 0 saturated carbocycles. The lowest BCUT2D eigenvalue weighted by Gasteiger charge is -2.51. The molecule has 1 amide bonds. The molecule has 0 aliphatic heterocycles. The zero-order valence-electron chi connectivity index (χ0n) is 20.9. The van der Waals surface area contributed by atoms with E-state index in [-0.39, 0.29) is 36.1 Å². The van der Waals surface area contributed by atoms with Gasteiger partial charge < -0.3 is 31.6 Å². The van der Waals surface area contributed by atoms with Crippen molar-refractivity contribution in [3.63, 3.8) is 0 Å². The standard InChI is InChI=1S/C25H29F3N4O6/c1-31(2)19-12-5-9-4-11-16(13(33)6-10(18(11)28)7-32(3)8-14(26)27)20(34)15(9)23(36)25(12,38)22(29)17(21(19)35)24(30)37/h6,9,12,14,19,29,33,35-36,38H,4-5,7-8H2,1-3H3,(H2,30,37)/t9-,12-,19-,25+/m0/s1. The zero-order chi connectivity index (χ0) is 28.4. The van der Waals surface area contributed by atoms with E-state index in [1.165, 1.54) is 26.0 Å². The summed E-state index contributed by atoms with van der Waals surface area (Å²) in [4.78, 5) is 28.2. The Morgan fingerprint density at radius 3 is 2.45 bits per heavy atom. The Morgan fingerprint density at radius 1 is 1.26 bits per heavy atom. The molecule has 3 aliphatic carbocycles. The molecule has 13 heteroatoms. The minimum absolute atomic E-state index is 0.0987. The van der Waals surface area contributed by atoms with Crippen molar-refractivity contribution in [2.24, 2.45) is 17.6 Å². The highest BCUT2D eigenvalue weighted by Gasteiger charge is 2.61. The Labute approximate surface area is 216 Å². The Morgan fingerprint density at radius 2 is 1.89 bits per heavy atom. The third-order valence-electron chi connectivity index (χ3n) is 7.68. The molecule has 0 bridgehead atoms. The first-order chi connectivity index (χ1) is 17.6. The fourth-order valence-electron chi connectivity index (χ4n) is 6.11. The normalized spacial score (nSPS) is 27.3. The Balaban J connectivity index is 1.86. The summed E-state index contributed by atoms with van der Waals surface area (Å²) in [6.45, 7) is -0.900. The highest BCUT2D eigenvalue weighted by molar-refractivity contribution is 6.26. The average molecular weight is 539 g/mol. The van der Waals surface area contributed by atoms with Crippen LogP contribution in [-0.2, 0) is 17.8 Å². The summed E-state index contributed by atoms with van der Waals surface area (Å²) in [7, 11) is 4.42. The fraction of sp³-hybridized carbons (Fsp3) is 0.480. The smallest absolute Gasteiger partial charge is 0.254 e. The summed E-state index contributed by atoms with van der Waals surface area (Å²) < 4.78 is 41.1. The number of primary amides is 1. The summed E-state index contributed by atoms with van der Waals surface area (Å²) in [6.07, 6.45) is -2.97. The monoisotopic (exact) mass is 538 g/mol. The number of nitrogens with zero attached hydrogens (tertiary/aromatic N) is 2. The maximum absolute atomic E-state index is 15.6. The van der Waals surface area contributed by atoms with Gasteiger partial charge in [0.15, 0.2) is 11.4 Å². The average Bonchev–Trinajstić information content (AvgIpc) is 2.78. The molecule has 0 radical (unpaired) electrons. The number of hydrogen-bond acceptors (Lipinski definition) is 9. The number of phenolic OH excluding ortho intramolecular Hbond substituents is 1. The van der Waals surface area contributed by atoms with Crippen molar-refractivity contribution < 1.29 is 43.2 Å². The van der Waals surface area contributed by atoms with E-state index in [1.807, 2.05) is 0 Å². The number of hydrogen-bond donors (Lipinski definition) is 6. The molecule has 0 aromatic heterocycles. The van der Waals surface area contributed by atoms with Crippen LogP contribution < -0.4 is 5.73 Å². The predicted molar refractivity (Wildman–Crippen MR) is 129 cm³/mol. The molecule has 7 N–H and O–H groups in total. The van der Waals surface area contributed by atoms with E-state index < -0.39 is 88.1 Å². The van der Waals surface area contributed by atoms with Gasteiger partial charge in [0.25, 0.3) is 12.3 Å². The number of rotatable bonds is 6. The number of nitrogens with one attached hydrogen (secondary N) is 1. The van der Waals surface area contributed by atoms with Gasteiger partial charge in [-0.25, -0.2) is 13.2 Å². The number of benzene rings is 1. The van der Waals surface area contributed by atoms with Gasteiger partial charge in [-0.05, 0) is 46.0 Å². The minimum Gasteiger partial charge on any atom is -0.510 e. The number of carbonyl (C=O) groups is 2. The molecule has 1 aromatic carbocycles. The number of amides is 1. The second-order valence-corrected chi connectivity index (χ2v) is 10.3. The van der Waals surface area contributed by atoms with E-state index in [2.05, 4.69) is 0 Å². The molecule has 0 fully saturated rings. The van der Waals surface area contributed by atoms with Crippen LogP contribution in [0.3, 0.4) is 0 Å². The van der Waals surface area contributed by atoms with Crippen LogP contribution in [0.4, 0.5) is 13.2 Å². The molecule has 4 rings (SSSR count). The summed E-state index contributed by atoms with van der Waals surface area (Å²) in [5.41, 5.74) is 0.173. The second kappa shape index (κ2) is 9.40. The van der Waals surface area contributed by atoms with E-state index in [1.54, 1.807) is 0 Å². The number of alkyl halides is 2. The van der Waals surface area contributed by atoms with Crippen molar-refractivity contribution in [3.05, 3.63) is 51.2 Å². The SMILES string of the molecule is CN(Cc1cc(O)c2c(c1F)C[C@H]1C[C@H]3[C@H](N(C)C)C(O)=C(C(N)=O)C(=N)[C@@]3(O)C(O)=C1C2=O)CC(F)F. The zero-order valence-corrected chi connectivity index (χ0v) is 20.9. The number of nitrogens with two attached hydrogens (primary N) is 1. The molecule has 10 nitrogen and oxygen atoms in total. The number of allylic oxidation sites excluding steroid dienone is 1. The van der Waals surface area contributed by atoms with Gasteiger partial charge in [-0.3, -0.25) is 19.4 Å². The summed E-state index contributed by atoms with van der Waals surface area (Å²) in [5.74, 6) is -7.19. The highest BCUT2D eigenvalue weighted by atomic mass is 19.3. The first-order valence-electron chi connectivity index (χ1n) is 11.8. The van der Waals surface area contributed by atoms with Gasteiger partial charge in [-0.2, -0.15) is 0 Å². The lowest BCUT2D eigenvalue weighted by atomic mass is 9.58. The summed E-state index contributed by atoms with van der Waals surface area (Å²) in [6, 6.07) is -0.132. The van der Waals surface area contributed by atoms with Crippen molar-refractivity contribution >= 4 is 17.4 Å². The number of aliphatic hydroxyl groups excluding tert-OH is 2. The van der Waals surface area contributed by atoms with Crippen LogP contribution in [0.15, 0.2) is 28.7 Å². The van der Waals surface area contributed by atoms with Crippen molar-refractivity contribution in [2.75, 3.05) is 27.7 Å². The molecule has 1 aromatic rings. The number of carbonyl (C=O) groups excluding carboxylic acids is 2. The van der Waals surface area contributed by atoms with E-state index in [0.717, 1.165) is 11.0 Å². The van der Waals surface area contributed by atoms with Crippen LogP contribution >= 0.6 is 0 Å². The Hall–Kier alpha value is -3.42. The first-order valence-corrected chi connectivity index (χ1v) is 11.8. The minimum atomic E-state index is -2.66. The molecule has 0 heterocycles. The Kier molecular flexibility index (Phi) is 6.83. The van der Waals surface area contributed by atoms with Crippen molar-refractivity contribution in [3.8, 4) is 5.75 Å². The predicted octanol–water partition coefficient (Wildman–Crippen LogP) is 1.41. The van der Waals surface area contributed by atoms with Gasteiger partial charge >= 0.3 is 0 Å². The van der Waals surface area contributed by atoms with Gasteiger partial charge in [0.2, 0.25) is 0 Å². The summed E-state index contributed by atoms with van der Waals surface area (Å²) >= 11 is 0. The van der Waals surface area contributed by atoms with Crippen molar-refractivity contribution in [1.82, 2.24) is 9.80 Å². The number of phenols is 1. The van der Waals surface area contributed by atoms with Crippen LogP contribution in [0.2, 0.25) is 0 Å². The van der Waals surface area contributed by atoms with Gasteiger partial charge in [0.05, 0.1) is 23.9 Å². The number of halogens is 3. The van der Waals surface area contributed by atoms with Crippen molar-refractivity contribution in [1.29, 1.82) is 5.41 Å².